The van der Waals surface area contributed by atoms with Crippen molar-refractivity contribution in [3.8, 4) is 11.5 Å². The van der Waals surface area contributed by atoms with Crippen molar-refractivity contribution in [3.05, 3.63) is 82.3 Å². The maximum absolute atomic E-state index is 12.3. The molecule has 0 radical (unpaired) electrons. The zero-order chi connectivity index (χ0) is 20.8. The Hall–Kier alpha value is -3.58. The number of ether oxygens (including phenoxy) is 2. The van der Waals surface area contributed by atoms with Gasteiger partial charge in [0.15, 0.2) is 11.5 Å². The summed E-state index contributed by atoms with van der Waals surface area (Å²) in [6, 6.07) is 13.0. The van der Waals surface area contributed by atoms with Gasteiger partial charge in [-0.3, -0.25) is 4.79 Å². The molecule has 3 rings (SSSR count). The van der Waals surface area contributed by atoms with Gasteiger partial charge in [-0.15, -0.1) is 0 Å². The van der Waals surface area contributed by atoms with E-state index in [0.29, 0.717) is 27.7 Å². The van der Waals surface area contributed by atoms with E-state index in [2.05, 4.69) is 10.5 Å². The summed E-state index contributed by atoms with van der Waals surface area (Å²) in [4.78, 5) is 24.3. The number of hydrogen-bond donors (Lipinski definition) is 1. The Morgan fingerprint density at radius 1 is 1.10 bits per heavy atom. The Morgan fingerprint density at radius 2 is 1.90 bits per heavy atom. The first-order valence-electron chi connectivity index (χ1n) is 8.52. The summed E-state index contributed by atoms with van der Waals surface area (Å²) in [5.41, 5.74) is 3.70. The van der Waals surface area contributed by atoms with Crippen LogP contribution in [0.25, 0.3) is 0 Å². The number of nitrogens with one attached hydrogen (secondary N) is 1. The number of amides is 1. The molecule has 0 aliphatic rings. The Morgan fingerprint density at radius 3 is 2.59 bits per heavy atom. The first-order valence-corrected chi connectivity index (χ1v) is 8.89. The molecule has 0 saturated heterocycles. The molecule has 0 aliphatic carbocycles. The molecule has 2 aromatic carbocycles. The third-order valence-corrected chi connectivity index (χ3v) is 4.30. The average Bonchev–Trinajstić information content (AvgIpc) is 3.15. The summed E-state index contributed by atoms with van der Waals surface area (Å²) in [5, 5.41) is 4.21. The van der Waals surface area contributed by atoms with E-state index in [1.807, 2.05) is 0 Å². The summed E-state index contributed by atoms with van der Waals surface area (Å²) < 4.78 is 15.8. The smallest absolute Gasteiger partial charge is 0.345 e. The van der Waals surface area contributed by atoms with E-state index < -0.39 is 5.97 Å². The number of aryl methyl sites for hydroxylation is 1. The van der Waals surface area contributed by atoms with Crippen molar-refractivity contribution in [1.29, 1.82) is 0 Å². The van der Waals surface area contributed by atoms with Gasteiger partial charge in [0.1, 0.15) is 5.76 Å². The molecule has 0 spiro atoms. The largest absolute Gasteiger partial charge is 0.493 e. The minimum atomic E-state index is -0.599. The molecule has 1 N–H and O–H groups in total. The highest BCUT2D eigenvalue weighted by Crippen LogP contribution is 2.29. The van der Waals surface area contributed by atoms with Crippen molar-refractivity contribution >= 4 is 29.7 Å². The van der Waals surface area contributed by atoms with Gasteiger partial charge in [-0.1, -0.05) is 23.7 Å². The maximum Gasteiger partial charge on any atom is 0.345 e. The molecular weight excluding hydrogens is 396 g/mol. The second-order valence-electron chi connectivity index (χ2n) is 5.87. The second kappa shape index (κ2) is 9.07. The Balaban J connectivity index is 1.70. The fraction of sp³-hybridized carbons (Fsp3) is 0.0952. The van der Waals surface area contributed by atoms with Gasteiger partial charge in [-0.05, 0) is 48.9 Å². The van der Waals surface area contributed by atoms with Crippen LogP contribution in [0.1, 0.15) is 32.0 Å². The van der Waals surface area contributed by atoms with Crippen molar-refractivity contribution in [2.45, 2.75) is 6.92 Å². The number of benzene rings is 2. The van der Waals surface area contributed by atoms with Crippen LogP contribution in [0, 0.1) is 6.92 Å². The van der Waals surface area contributed by atoms with E-state index in [1.165, 1.54) is 19.6 Å². The molecule has 0 saturated carbocycles. The Kier molecular flexibility index (Phi) is 6.31. The number of esters is 1. The van der Waals surface area contributed by atoms with Crippen LogP contribution in [-0.4, -0.2) is 25.2 Å². The predicted molar refractivity (Wildman–Crippen MR) is 108 cm³/mol. The Bertz CT molecular complexity index is 1070. The monoisotopic (exact) mass is 412 g/mol. The van der Waals surface area contributed by atoms with Gasteiger partial charge in [0.2, 0.25) is 0 Å². The van der Waals surface area contributed by atoms with Crippen LogP contribution in [0.3, 0.4) is 0 Å². The lowest BCUT2D eigenvalue weighted by Gasteiger charge is -2.10. The number of carbonyl (C=O) groups is 2. The SMILES string of the molecule is COc1cc(/C=N/NC(=O)c2ccoc2C)ccc1OC(=O)c1ccccc1Cl. The number of halogens is 1. The van der Waals surface area contributed by atoms with Crippen molar-refractivity contribution in [1.82, 2.24) is 5.43 Å². The maximum atomic E-state index is 12.3. The van der Waals surface area contributed by atoms with Crippen LogP contribution in [0.15, 0.2) is 64.3 Å². The Labute approximate surface area is 171 Å². The number of nitrogens with zero attached hydrogens (tertiary/aromatic N) is 1. The van der Waals surface area contributed by atoms with Crippen molar-refractivity contribution in [2.24, 2.45) is 5.10 Å². The molecule has 148 valence electrons. The second-order valence-corrected chi connectivity index (χ2v) is 6.28. The van der Waals surface area contributed by atoms with E-state index in [0.717, 1.165) is 0 Å². The van der Waals surface area contributed by atoms with Gasteiger partial charge in [0.05, 0.1) is 35.7 Å². The topological polar surface area (TPSA) is 90.1 Å². The van der Waals surface area contributed by atoms with Crippen molar-refractivity contribution < 1.29 is 23.5 Å². The highest BCUT2D eigenvalue weighted by molar-refractivity contribution is 6.33. The molecule has 1 amide bonds. The number of hydrogen-bond acceptors (Lipinski definition) is 6. The minimum absolute atomic E-state index is 0.229. The van der Waals surface area contributed by atoms with Gasteiger partial charge in [0, 0.05) is 0 Å². The van der Waals surface area contributed by atoms with Gasteiger partial charge in [-0.2, -0.15) is 5.10 Å². The normalized spacial score (nSPS) is 10.7. The van der Waals surface area contributed by atoms with Crippen LogP contribution in [0.4, 0.5) is 0 Å². The molecule has 0 atom stereocenters. The van der Waals surface area contributed by atoms with Crippen molar-refractivity contribution in [3.63, 3.8) is 0 Å². The predicted octanol–water partition coefficient (Wildman–Crippen LogP) is 4.23. The summed E-state index contributed by atoms with van der Waals surface area (Å²) in [5.74, 6) is 0.0749. The molecule has 1 heterocycles. The summed E-state index contributed by atoms with van der Waals surface area (Å²) in [6.45, 7) is 1.69. The fourth-order valence-electron chi connectivity index (χ4n) is 2.48. The molecule has 0 bridgehead atoms. The third-order valence-electron chi connectivity index (χ3n) is 3.97. The lowest BCUT2D eigenvalue weighted by Crippen LogP contribution is -2.17. The molecule has 1 aromatic heterocycles. The number of methoxy groups -OCH3 is 1. The van der Waals surface area contributed by atoms with E-state index in [9.17, 15) is 9.59 Å². The first-order chi connectivity index (χ1) is 14.0. The van der Waals surface area contributed by atoms with Crippen LogP contribution in [0.5, 0.6) is 11.5 Å². The number of rotatable bonds is 6. The van der Waals surface area contributed by atoms with Crippen LogP contribution in [0.2, 0.25) is 5.02 Å². The molecule has 0 aliphatic heterocycles. The van der Waals surface area contributed by atoms with Crippen LogP contribution in [-0.2, 0) is 0 Å². The minimum Gasteiger partial charge on any atom is -0.493 e. The molecule has 29 heavy (non-hydrogen) atoms. The summed E-state index contributed by atoms with van der Waals surface area (Å²) in [6.07, 6.45) is 2.87. The molecule has 0 fully saturated rings. The summed E-state index contributed by atoms with van der Waals surface area (Å²) >= 11 is 6.02. The zero-order valence-corrected chi connectivity index (χ0v) is 16.4. The molecule has 7 nitrogen and oxygen atoms in total. The number of carbonyl (C=O) groups excluding carboxylic acids is 2. The molecular formula is C21H17ClN2O5. The lowest BCUT2D eigenvalue weighted by molar-refractivity contribution is 0.0729. The molecule has 8 heteroatoms. The van der Waals surface area contributed by atoms with Gasteiger partial charge < -0.3 is 13.9 Å². The average molecular weight is 413 g/mol. The van der Waals surface area contributed by atoms with E-state index in [-0.39, 0.29) is 17.2 Å². The number of furan rings is 1. The quantitative estimate of drug-likeness (QED) is 0.283. The van der Waals surface area contributed by atoms with E-state index >= 15 is 0 Å². The van der Waals surface area contributed by atoms with Crippen LogP contribution >= 0.6 is 11.6 Å². The highest BCUT2D eigenvalue weighted by Gasteiger charge is 2.15. The fourth-order valence-corrected chi connectivity index (χ4v) is 2.69. The van der Waals surface area contributed by atoms with Crippen molar-refractivity contribution in [2.75, 3.05) is 7.11 Å². The highest BCUT2D eigenvalue weighted by atomic mass is 35.5. The van der Waals surface area contributed by atoms with Gasteiger partial charge in [0.25, 0.3) is 5.91 Å². The standard InChI is InChI=1S/C21H17ClN2O5/c1-13-15(9-10-28-13)20(25)24-23-12-14-7-8-18(19(11-14)27-2)29-21(26)16-5-3-4-6-17(16)22/h3-12H,1-2H3,(H,24,25)/b23-12+. The summed E-state index contributed by atoms with van der Waals surface area (Å²) in [7, 11) is 1.45. The molecule has 3 aromatic rings. The number of hydrazone groups is 1. The van der Waals surface area contributed by atoms with Gasteiger partial charge in [-0.25, -0.2) is 10.2 Å². The molecule has 0 unspecified atom stereocenters. The van der Waals surface area contributed by atoms with E-state index in [1.54, 1.807) is 55.5 Å². The third kappa shape index (κ3) is 4.83. The lowest BCUT2D eigenvalue weighted by atomic mass is 10.2. The first kappa shape index (κ1) is 20.2. The zero-order valence-electron chi connectivity index (χ0n) is 15.6. The van der Waals surface area contributed by atoms with Gasteiger partial charge >= 0.3 is 5.97 Å². The van der Waals surface area contributed by atoms with E-state index in [4.69, 9.17) is 25.5 Å². The van der Waals surface area contributed by atoms with Crippen LogP contribution < -0.4 is 14.9 Å².